The molecule has 0 aliphatic carbocycles. The lowest BCUT2D eigenvalue weighted by Crippen LogP contribution is -2.20. The molecule has 2 nitrogen and oxygen atoms in total. The van der Waals surface area contributed by atoms with Crippen molar-refractivity contribution < 1.29 is 4.79 Å². The monoisotopic (exact) mass is 205 g/mol. The van der Waals surface area contributed by atoms with Gasteiger partial charge in [-0.05, 0) is 24.8 Å². The van der Waals surface area contributed by atoms with Crippen LogP contribution < -0.4 is 5.73 Å². The quantitative estimate of drug-likeness (QED) is 0.712. The van der Waals surface area contributed by atoms with Gasteiger partial charge < -0.3 is 5.73 Å². The highest BCUT2D eigenvalue weighted by Gasteiger charge is 2.07. The Bertz CT molecular complexity index is 295. The summed E-state index contributed by atoms with van der Waals surface area (Å²) in [5.74, 6) is -0.171. The van der Waals surface area contributed by atoms with Gasteiger partial charge in [0.05, 0.1) is 0 Å². The number of unbranched alkanes of at least 4 members (excludes halogenated alkanes) is 1. The minimum absolute atomic E-state index is 0.0146. The minimum atomic E-state index is -0.185. The molecule has 2 N–H and O–H groups in total. The second-order valence-corrected chi connectivity index (χ2v) is 4.03. The van der Waals surface area contributed by atoms with E-state index in [1.54, 1.807) is 0 Å². The molecule has 82 valence electrons. The predicted octanol–water partition coefficient (Wildman–Crippen LogP) is 2.52. The van der Waals surface area contributed by atoms with Gasteiger partial charge in [0.15, 0.2) is 0 Å². The van der Waals surface area contributed by atoms with Crippen LogP contribution in [0.1, 0.15) is 31.7 Å². The minimum Gasteiger partial charge on any atom is -0.369 e. The van der Waals surface area contributed by atoms with Crippen LogP contribution in [-0.4, -0.2) is 5.91 Å². The maximum absolute atomic E-state index is 10.8. The molecule has 0 spiro atoms. The molecule has 1 atom stereocenters. The Morgan fingerprint density at radius 1 is 1.27 bits per heavy atom. The van der Waals surface area contributed by atoms with E-state index in [4.69, 9.17) is 5.73 Å². The van der Waals surface area contributed by atoms with Crippen molar-refractivity contribution in [3.63, 3.8) is 0 Å². The van der Waals surface area contributed by atoms with E-state index in [-0.39, 0.29) is 11.8 Å². The van der Waals surface area contributed by atoms with Crippen molar-refractivity contribution >= 4 is 5.91 Å². The van der Waals surface area contributed by atoms with Crippen molar-refractivity contribution in [1.82, 2.24) is 0 Å². The van der Waals surface area contributed by atoms with Gasteiger partial charge >= 0.3 is 0 Å². The van der Waals surface area contributed by atoms with Gasteiger partial charge in [-0.25, -0.2) is 0 Å². The topological polar surface area (TPSA) is 43.1 Å². The maximum Gasteiger partial charge on any atom is 0.220 e. The highest BCUT2D eigenvalue weighted by Crippen LogP contribution is 2.10. The number of nitrogens with two attached hydrogens (primary N) is 1. The van der Waals surface area contributed by atoms with Gasteiger partial charge in [0.1, 0.15) is 0 Å². The standard InChI is InChI=1S/C13H19NO/c1-11(13(14)15)7-5-6-10-12-8-3-2-4-9-12/h2-4,8-9,11H,5-7,10H2,1H3,(H2,14,15)/t11-/m0/s1. The number of carbonyl (C=O) groups excluding carboxylic acids is 1. The molecule has 0 fully saturated rings. The summed E-state index contributed by atoms with van der Waals surface area (Å²) in [6, 6.07) is 10.4. The van der Waals surface area contributed by atoms with Crippen LogP contribution in [0.15, 0.2) is 30.3 Å². The molecule has 1 amide bonds. The molecule has 1 aromatic carbocycles. The zero-order valence-electron chi connectivity index (χ0n) is 9.28. The van der Waals surface area contributed by atoms with E-state index in [2.05, 4.69) is 24.3 Å². The maximum atomic E-state index is 10.8. The fourth-order valence-corrected chi connectivity index (χ4v) is 1.57. The van der Waals surface area contributed by atoms with E-state index in [9.17, 15) is 4.79 Å². The third-order valence-corrected chi connectivity index (χ3v) is 2.68. The summed E-state index contributed by atoms with van der Waals surface area (Å²) >= 11 is 0. The zero-order chi connectivity index (χ0) is 11.1. The van der Waals surface area contributed by atoms with E-state index in [0.29, 0.717) is 0 Å². The molecule has 0 aromatic heterocycles. The molecule has 15 heavy (non-hydrogen) atoms. The van der Waals surface area contributed by atoms with Gasteiger partial charge in [0.2, 0.25) is 5.91 Å². The molecule has 0 bridgehead atoms. The molecule has 0 radical (unpaired) electrons. The lowest BCUT2D eigenvalue weighted by Gasteiger charge is -2.06. The number of hydrogen-bond donors (Lipinski definition) is 1. The summed E-state index contributed by atoms with van der Waals surface area (Å²) in [6.45, 7) is 1.89. The number of aryl methyl sites for hydroxylation is 1. The first-order chi connectivity index (χ1) is 7.20. The number of primary amides is 1. The molecule has 0 aliphatic rings. The lowest BCUT2D eigenvalue weighted by atomic mass is 10.0. The van der Waals surface area contributed by atoms with E-state index in [0.717, 1.165) is 25.7 Å². The normalized spacial score (nSPS) is 12.3. The number of benzene rings is 1. The molecule has 1 aromatic rings. The molecule has 0 unspecified atom stereocenters. The predicted molar refractivity (Wildman–Crippen MR) is 62.4 cm³/mol. The average molecular weight is 205 g/mol. The SMILES string of the molecule is C[C@@H](CCCCc1ccccc1)C(N)=O. The highest BCUT2D eigenvalue weighted by atomic mass is 16.1. The van der Waals surface area contributed by atoms with Gasteiger partial charge in [-0.2, -0.15) is 0 Å². The number of hydrogen-bond acceptors (Lipinski definition) is 1. The van der Waals surface area contributed by atoms with Gasteiger partial charge in [0.25, 0.3) is 0 Å². The van der Waals surface area contributed by atoms with Crippen LogP contribution in [-0.2, 0) is 11.2 Å². The van der Waals surface area contributed by atoms with Crippen molar-refractivity contribution in [2.75, 3.05) is 0 Å². The largest absolute Gasteiger partial charge is 0.369 e. The molecule has 0 saturated heterocycles. The fourth-order valence-electron chi connectivity index (χ4n) is 1.57. The smallest absolute Gasteiger partial charge is 0.220 e. The van der Waals surface area contributed by atoms with Gasteiger partial charge in [-0.1, -0.05) is 43.7 Å². The Kier molecular flexibility index (Phi) is 4.88. The summed E-state index contributed by atoms with van der Waals surface area (Å²) in [5.41, 5.74) is 6.56. The Hall–Kier alpha value is -1.31. The summed E-state index contributed by atoms with van der Waals surface area (Å²) in [4.78, 5) is 10.8. The summed E-state index contributed by atoms with van der Waals surface area (Å²) in [6.07, 6.45) is 4.19. The summed E-state index contributed by atoms with van der Waals surface area (Å²) < 4.78 is 0. The number of amides is 1. The van der Waals surface area contributed by atoms with Crippen molar-refractivity contribution in [1.29, 1.82) is 0 Å². The highest BCUT2D eigenvalue weighted by molar-refractivity contribution is 5.76. The van der Waals surface area contributed by atoms with Crippen LogP contribution in [0.4, 0.5) is 0 Å². The average Bonchev–Trinajstić information content (AvgIpc) is 2.25. The van der Waals surface area contributed by atoms with Crippen molar-refractivity contribution in [2.24, 2.45) is 11.7 Å². The second kappa shape index (κ2) is 6.23. The Balaban J connectivity index is 2.15. The van der Waals surface area contributed by atoms with Gasteiger partial charge in [-0.15, -0.1) is 0 Å². The lowest BCUT2D eigenvalue weighted by molar-refractivity contribution is -0.121. The fraction of sp³-hybridized carbons (Fsp3) is 0.462. The van der Waals surface area contributed by atoms with Crippen LogP contribution in [0.2, 0.25) is 0 Å². The number of carbonyl (C=O) groups is 1. The van der Waals surface area contributed by atoms with E-state index < -0.39 is 0 Å². The third-order valence-electron chi connectivity index (χ3n) is 2.68. The molecule has 1 rings (SSSR count). The van der Waals surface area contributed by atoms with Crippen LogP contribution in [0.5, 0.6) is 0 Å². The van der Waals surface area contributed by atoms with E-state index in [1.807, 2.05) is 13.0 Å². The summed E-state index contributed by atoms with van der Waals surface area (Å²) in [5, 5.41) is 0. The van der Waals surface area contributed by atoms with E-state index in [1.165, 1.54) is 5.56 Å². The van der Waals surface area contributed by atoms with Gasteiger partial charge in [0, 0.05) is 5.92 Å². The van der Waals surface area contributed by atoms with Crippen molar-refractivity contribution in [3.8, 4) is 0 Å². The summed E-state index contributed by atoms with van der Waals surface area (Å²) in [7, 11) is 0. The molecule has 0 aliphatic heterocycles. The zero-order valence-corrected chi connectivity index (χ0v) is 9.28. The first kappa shape index (κ1) is 11.8. The Morgan fingerprint density at radius 2 is 1.93 bits per heavy atom. The Labute approximate surface area is 91.5 Å². The van der Waals surface area contributed by atoms with Crippen molar-refractivity contribution in [2.45, 2.75) is 32.6 Å². The number of rotatable bonds is 6. The molecular formula is C13H19NO. The van der Waals surface area contributed by atoms with Crippen molar-refractivity contribution in [3.05, 3.63) is 35.9 Å². The van der Waals surface area contributed by atoms with Gasteiger partial charge in [-0.3, -0.25) is 4.79 Å². The van der Waals surface area contributed by atoms with E-state index >= 15 is 0 Å². The first-order valence-electron chi connectivity index (χ1n) is 5.53. The molecule has 0 saturated carbocycles. The van der Waals surface area contributed by atoms with Crippen LogP contribution in [0.3, 0.4) is 0 Å². The van der Waals surface area contributed by atoms with Crippen LogP contribution in [0.25, 0.3) is 0 Å². The molecular weight excluding hydrogens is 186 g/mol. The Morgan fingerprint density at radius 3 is 2.53 bits per heavy atom. The van der Waals surface area contributed by atoms with Crippen LogP contribution in [0, 0.1) is 5.92 Å². The first-order valence-corrected chi connectivity index (χ1v) is 5.53. The van der Waals surface area contributed by atoms with Crippen LogP contribution >= 0.6 is 0 Å². The molecule has 2 heteroatoms. The third kappa shape index (κ3) is 4.63. The molecule has 0 heterocycles. The second-order valence-electron chi connectivity index (χ2n) is 4.03.